The van der Waals surface area contributed by atoms with Crippen molar-refractivity contribution in [1.29, 1.82) is 0 Å². The SMILES string of the molecule is CC(C)C(C)CC(=O)N1CCN(C(=O)c2cccc(F)c2N)C(C2CC2)C1. The summed E-state index contributed by atoms with van der Waals surface area (Å²) in [6.45, 7) is 7.92. The minimum Gasteiger partial charge on any atom is -0.396 e. The zero-order chi connectivity index (χ0) is 19.7. The molecule has 2 aliphatic rings. The molecule has 2 amide bonds. The molecule has 5 nitrogen and oxygen atoms in total. The normalized spacial score (nSPS) is 21.4. The Morgan fingerprint density at radius 3 is 2.56 bits per heavy atom. The fourth-order valence-corrected chi connectivity index (χ4v) is 3.69. The lowest BCUT2D eigenvalue weighted by molar-refractivity contribution is -0.135. The zero-order valence-corrected chi connectivity index (χ0v) is 16.5. The molecule has 0 bridgehead atoms. The van der Waals surface area contributed by atoms with Gasteiger partial charge >= 0.3 is 0 Å². The number of anilines is 1. The van der Waals surface area contributed by atoms with Gasteiger partial charge in [0.1, 0.15) is 5.82 Å². The van der Waals surface area contributed by atoms with E-state index in [-0.39, 0.29) is 29.1 Å². The molecule has 1 aromatic rings. The van der Waals surface area contributed by atoms with Gasteiger partial charge in [0, 0.05) is 26.1 Å². The van der Waals surface area contributed by atoms with Crippen LogP contribution in [0.4, 0.5) is 10.1 Å². The summed E-state index contributed by atoms with van der Waals surface area (Å²) in [6, 6.07) is 4.34. The molecule has 148 valence electrons. The first kappa shape index (κ1) is 19.6. The van der Waals surface area contributed by atoms with Crippen LogP contribution in [0.1, 0.15) is 50.4 Å². The van der Waals surface area contributed by atoms with Crippen LogP contribution < -0.4 is 5.73 Å². The summed E-state index contributed by atoms with van der Waals surface area (Å²) < 4.78 is 13.8. The molecule has 2 fully saturated rings. The molecule has 1 saturated heterocycles. The molecule has 1 aromatic carbocycles. The number of hydrogen-bond acceptors (Lipinski definition) is 3. The van der Waals surface area contributed by atoms with Gasteiger partial charge in [-0.2, -0.15) is 0 Å². The van der Waals surface area contributed by atoms with Crippen molar-refractivity contribution in [2.24, 2.45) is 17.8 Å². The van der Waals surface area contributed by atoms with Crippen LogP contribution in [0.5, 0.6) is 0 Å². The average Bonchev–Trinajstić information content (AvgIpc) is 3.48. The van der Waals surface area contributed by atoms with E-state index in [1.54, 1.807) is 11.0 Å². The van der Waals surface area contributed by atoms with E-state index < -0.39 is 5.82 Å². The average molecular weight is 375 g/mol. The highest BCUT2D eigenvalue weighted by atomic mass is 19.1. The maximum Gasteiger partial charge on any atom is 0.256 e. The van der Waals surface area contributed by atoms with Crippen molar-refractivity contribution in [3.8, 4) is 0 Å². The summed E-state index contributed by atoms with van der Waals surface area (Å²) in [5.41, 5.74) is 5.92. The van der Waals surface area contributed by atoms with Crippen molar-refractivity contribution in [2.45, 2.75) is 46.1 Å². The molecule has 2 unspecified atom stereocenters. The molecule has 27 heavy (non-hydrogen) atoms. The summed E-state index contributed by atoms with van der Waals surface area (Å²) in [4.78, 5) is 29.4. The molecule has 3 rings (SSSR count). The molecule has 1 aliphatic carbocycles. The Bertz CT molecular complexity index is 717. The first-order valence-electron chi connectivity index (χ1n) is 9.92. The highest BCUT2D eigenvalue weighted by Crippen LogP contribution is 2.38. The van der Waals surface area contributed by atoms with Gasteiger partial charge in [0.05, 0.1) is 17.3 Å². The quantitative estimate of drug-likeness (QED) is 0.804. The number of hydrogen-bond donors (Lipinski definition) is 1. The van der Waals surface area contributed by atoms with Crippen LogP contribution >= 0.6 is 0 Å². The molecule has 0 spiro atoms. The topological polar surface area (TPSA) is 66.6 Å². The minimum atomic E-state index is -0.569. The van der Waals surface area contributed by atoms with E-state index in [9.17, 15) is 14.0 Å². The molecule has 2 N–H and O–H groups in total. The smallest absolute Gasteiger partial charge is 0.256 e. The predicted molar refractivity (Wildman–Crippen MR) is 104 cm³/mol. The summed E-state index contributed by atoms with van der Waals surface area (Å²) >= 11 is 0. The van der Waals surface area contributed by atoms with E-state index in [0.29, 0.717) is 43.8 Å². The fraction of sp³-hybridized carbons (Fsp3) is 0.619. The van der Waals surface area contributed by atoms with Crippen molar-refractivity contribution in [2.75, 3.05) is 25.4 Å². The van der Waals surface area contributed by atoms with Crippen molar-refractivity contribution in [3.05, 3.63) is 29.6 Å². The van der Waals surface area contributed by atoms with Gasteiger partial charge in [-0.1, -0.05) is 26.8 Å². The number of nitrogens with zero attached hydrogens (tertiary/aromatic N) is 2. The van der Waals surface area contributed by atoms with Gasteiger partial charge in [-0.15, -0.1) is 0 Å². The number of amides is 2. The van der Waals surface area contributed by atoms with Gasteiger partial charge in [-0.05, 0) is 42.7 Å². The number of piperazine rings is 1. The predicted octanol–water partition coefficient (Wildman–Crippen LogP) is 3.15. The van der Waals surface area contributed by atoms with E-state index in [2.05, 4.69) is 20.8 Å². The Morgan fingerprint density at radius 2 is 1.93 bits per heavy atom. The van der Waals surface area contributed by atoms with Gasteiger partial charge in [0.15, 0.2) is 0 Å². The van der Waals surface area contributed by atoms with Crippen LogP contribution in [0.15, 0.2) is 18.2 Å². The molecule has 0 radical (unpaired) electrons. The van der Waals surface area contributed by atoms with Crippen molar-refractivity contribution >= 4 is 17.5 Å². The van der Waals surface area contributed by atoms with E-state index in [1.807, 2.05) is 4.90 Å². The Hall–Kier alpha value is -2.11. The van der Waals surface area contributed by atoms with E-state index in [1.165, 1.54) is 12.1 Å². The standard InChI is InChI=1S/C21H30FN3O2/c1-13(2)14(3)11-19(26)24-9-10-25(18(12-24)15-7-8-15)21(27)16-5-4-6-17(22)20(16)23/h4-6,13-15,18H,7-12,23H2,1-3H3. The third-order valence-corrected chi connectivity index (χ3v) is 6.12. The highest BCUT2D eigenvalue weighted by molar-refractivity contribution is 5.99. The Morgan fingerprint density at radius 1 is 1.22 bits per heavy atom. The number of carbonyl (C=O) groups is 2. The van der Waals surface area contributed by atoms with Crippen LogP contribution in [-0.4, -0.2) is 47.3 Å². The summed E-state index contributed by atoms with van der Waals surface area (Å²) in [7, 11) is 0. The number of rotatable bonds is 5. The van der Waals surface area contributed by atoms with E-state index in [4.69, 9.17) is 5.73 Å². The molecule has 1 aliphatic heterocycles. The molecular formula is C21H30FN3O2. The zero-order valence-electron chi connectivity index (χ0n) is 16.5. The summed E-state index contributed by atoms with van der Waals surface area (Å²) in [6.07, 6.45) is 2.68. The lowest BCUT2D eigenvalue weighted by Gasteiger charge is -2.42. The van der Waals surface area contributed by atoms with Gasteiger partial charge < -0.3 is 15.5 Å². The Balaban J connectivity index is 1.73. The summed E-state index contributed by atoms with van der Waals surface area (Å²) in [5.74, 6) is 0.587. The maximum absolute atomic E-state index is 13.8. The fourth-order valence-electron chi connectivity index (χ4n) is 3.69. The maximum atomic E-state index is 13.8. The van der Waals surface area contributed by atoms with Crippen molar-refractivity contribution < 1.29 is 14.0 Å². The largest absolute Gasteiger partial charge is 0.396 e. The summed E-state index contributed by atoms with van der Waals surface area (Å²) in [5, 5.41) is 0. The van der Waals surface area contributed by atoms with Gasteiger partial charge in [0.25, 0.3) is 5.91 Å². The number of para-hydroxylation sites is 1. The first-order valence-corrected chi connectivity index (χ1v) is 9.92. The second kappa shape index (κ2) is 7.87. The second-order valence-corrected chi connectivity index (χ2v) is 8.37. The monoisotopic (exact) mass is 375 g/mol. The lowest BCUT2D eigenvalue weighted by atomic mass is 9.93. The Labute approximate surface area is 160 Å². The lowest BCUT2D eigenvalue weighted by Crippen LogP contribution is -2.57. The molecular weight excluding hydrogens is 345 g/mol. The van der Waals surface area contributed by atoms with Crippen LogP contribution in [0.3, 0.4) is 0 Å². The van der Waals surface area contributed by atoms with Crippen molar-refractivity contribution in [1.82, 2.24) is 9.80 Å². The number of carbonyl (C=O) groups excluding carboxylic acids is 2. The first-order chi connectivity index (χ1) is 12.8. The van der Waals surface area contributed by atoms with Crippen LogP contribution in [0.2, 0.25) is 0 Å². The molecule has 1 heterocycles. The molecule has 6 heteroatoms. The molecule has 2 atom stereocenters. The third-order valence-electron chi connectivity index (χ3n) is 6.12. The molecule has 1 saturated carbocycles. The minimum absolute atomic E-state index is 0.00720. The number of benzene rings is 1. The second-order valence-electron chi connectivity index (χ2n) is 8.37. The van der Waals surface area contributed by atoms with Gasteiger partial charge in [-0.3, -0.25) is 9.59 Å². The third kappa shape index (κ3) is 4.25. The van der Waals surface area contributed by atoms with Crippen LogP contribution in [-0.2, 0) is 4.79 Å². The van der Waals surface area contributed by atoms with Crippen molar-refractivity contribution in [3.63, 3.8) is 0 Å². The van der Waals surface area contributed by atoms with E-state index in [0.717, 1.165) is 12.8 Å². The Kier molecular flexibility index (Phi) is 5.72. The molecule has 0 aromatic heterocycles. The van der Waals surface area contributed by atoms with Gasteiger partial charge in [-0.25, -0.2) is 4.39 Å². The van der Waals surface area contributed by atoms with E-state index >= 15 is 0 Å². The number of halogens is 1. The number of nitrogen functional groups attached to an aromatic ring is 1. The van der Waals surface area contributed by atoms with Crippen LogP contribution in [0, 0.1) is 23.6 Å². The number of nitrogens with two attached hydrogens (primary N) is 1. The highest BCUT2D eigenvalue weighted by Gasteiger charge is 2.42. The van der Waals surface area contributed by atoms with Crippen LogP contribution in [0.25, 0.3) is 0 Å². The van der Waals surface area contributed by atoms with Gasteiger partial charge in [0.2, 0.25) is 5.91 Å².